The van der Waals surface area contributed by atoms with Crippen molar-refractivity contribution in [2.45, 2.75) is 25.4 Å². The average Bonchev–Trinajstić information content (AvgIpc) is 3.25. The van der Waals surface area contributed by atoms with Crippen LogP contribution < -0.4 is 0 Å². The molecule has 0 unspecified atom stereocenters. The smallest absolute Gasteiger partial charge is 0.242 e. The summed E-state index contributed by atoms with van der Waals surface area (Å²) in [6.45, 7) is 1.92. The zero-order valence-electron chi connectivity index (χ0n) is 13.3. The minimum absolute atomic E-state index is 0.150. The van der Waals surface area contributed by atoms with Gasteiger partial charge in [0, 0.05) is 42.2 Å². The van der Waals surface area contributed by atoms with Gasteiger partial charge in [-0.1, -0.05) is 17.7 Å². The Hall–Kier alpha value is -2.27. The van der Waals surface area contributed by atoms with Gasteiger partial charge in [-0.3, -0.25) is 4.79 Å². The molecule has 3 heterocycles. The number of fused-ring (bicyclic) bond motifs is 1. The molecule has 1 fully saturated rings. The molecule has 0 aliphatic carbocycles. The van der Waals surface area contributed by atoms with Gasteiger partial charge in [0.15, 0.2) is 0 Å². The number of hydrogen-bond acceptors (Lipinski definition) is 2. The molecule has 1 aliphatic heterocycles. The molecule has 6 heteroatoms. The van der Waals surface area contributed by atoms with Crippen LogP contribution in [0.3, 0.4) is 0 Å². The molecule has 0 radical (unpaired) electrons. The number of aromatic nitrogens is 3. The normalized spacial score (nSPS) is 18.2. The van der Waals surface area contributed by atoms with Crippen LogP contribution in [0.1, 0.15) is 18.9 Å². The van der Waals surface area contributed by atoms with Gasteiger partial charge < -0.3 is 14.0 Å². The Morgan fingerprint density at radius 3 is 3.04 bits per heavy atom. The molecular weight excluding hydrogens is 324 g/mol. The van der Waals surface area contributed by atoms with E-state index in [9.17, 15) is 4.79 Å². The lowest BCUT2D eigenvalue weighted by molar-refractivity contribution is -0.133. The molecule has 1 aliphatic rings. The van der Waals surface area contributed by atoms with E-state index in [-0.39, 0.29) is 5.91 Å². The van der Waals surface area contributed by atoms with Crippen LogP contribution in [0.15, 0.2) is 49.2 Å². The summed E-state index contributed by atoms with van der Waals surface area (Å²) in [7, 11) is 0. The first-order valence-corrected chi connectivity index (χ1v) is 8.58. The van der Waals surface area contributed by atoms with Crippen molar-refractivity contribution < 1.29 is 4.79 Å². The fourth-order valence-corrected chi connectivity index (χ4v) is 3.62. The highest BCUT2D eigenvalue weighted by molar-refractivity contribution is 6.31. The molecule has 124 valence electrons. The molecule has 1 aromatic carbocycles. The van der Waals surface area contributed by atoms with Crippen LogP contribution in [-0.4, -0.2) is 38.0 Å². The average molecular weight is 343 g/mol. The Kier molecular flexibility index (Phi) is 4.02. The summed E-state index contributed by atoms with van der Waals surface area (Å²) >= 11 is 6.09. The molecule has 1 atom stereocenters. The monoisotopic (exact) mass is 342 g/mol. The molecule has 1 saturated heterocycles. The first-order chi connectivity index (χ1) is 11.7. The molecule has 24 heavy (non-hydrogen) atoms. The van der Waals surface area contributed by atoms with Crippen molar-refractivity contribution >= 4 is 28.4 Å². The number of rotatable bonds is 3. The maximum absolute atomic E-state index is 12.8. The van der Waals surface area contributed by atoms with Crippen molar-refractivity contribution in [3.8, 4) is 0 Å². The van der Waals surface area contributed by atoms with E-state index in [1.54, 1.807) is 6.20 Å². The van der Waals surface area contributed by atoms with E-state index < -0.39 is 0 Å². The predicted octanol–water partition coefficient (Wildman–Crippen LogP) is 3.35. The van der Waals surface area contributed by atoms with Crippen LogP contribution in [0, 0.1) is 0 Å². The fourth-order valence-electron chi connectivity index (χ4n) is 3.45. The summed E-state index contributed by atoms with van der Waals surface area (Å²) in [6, 6.07) is 8.10. The van der Waals surface area contributed by atoms with Gasteiger partial charge in [0.25, 0.3) is 0 Å². The molecular formula is C18H19ClN4O. The van der Waals surface area contributed by atoms with Gasteiger partial charge in [-0.05, 0) is 36.4 Å². The maximum atomic E-state index is 12.8. The largest absolute Gasteiger partial charge is 0.339 e. The van der Waals surface area contributed by atoms with Crippen molar-refractivity contribution in [1.29, 1.82) is 0 Å². The van der Waals surface area contributed by atoms with Crippen molar-refractivity contribution in [1.82, 2.24) is 19.0 Å². The molecule has 3 aromatic rings. The Bertz CT molecular complexity index is 855. The highest BCUT2D eigenvalue weighted by Gasteiger charge is 2.24. The number of nitrogens with zero attached hydrogens (tertiary/aromatic N) is 4. The van der Waals surface area contributed by atoms with E-state index in [0.29, 0.717) is 17.6 Å². The molecule has 0 spiro atoms. The Morgan fingerprint density at radius 1 is 1.29 bits per heavy atom. The van der Waals surface area contributed by atoms with E-state index in [1.165, 1.54) is 0 Å². The SMILES string of the molecule is O=C(Cn1ccc2ccc(Cl)cc21)N1CCC[C@H](n2ccnc2)C1. The quantitative estimate of drug-likeness (QED) is 0.732. The van der Waals surface area contributed by atoms with E-state index >= 15 is 0 Å². The van der Waals surface area contributed by atoms with Crippen LogP contribution in [0.5, 0.6) is 0 Å². The zero-order chi connectivity index (χ0) is 16.5. The first kappa shape index (κ1) is 15.3. The van der Waals surface area contributed by atoms with Crippen LogP contribution in [-0.2, 0) is 11.3 Å². The molecule has 0 saturated carbocycles. The Labute approximate surface area is 145 Å². The lowest BCUT2D eigenvalue weighted by Crippen LogP contribution is -2.42. The second-order valence-corrected chi connectivity index (χ2v) is 6.73. The number of hydrogen-bond donors (Lipinski definition) is 0. The summed E-state index contributed by atoms with van der Waals surface area (Å²) in [6.07, 6.45) is 9.65. The molecule has 4 rings (SSSR count). The van der Waals surface area contributed by atoms with Crippen molar-refractivity contribution in [3.63, 3.8) is 0 Å². The summed E-state index contributed by atoms with van der Waals surface area (Å²) in [4.78, 5) is 18.8. The minimum atomic E-state index is 0.150. The van der Waals surface area contributed by atoms with Crippen molar-refractivity contribution in [2.75, 3.05) is 13.1 Å². The molecule has 0 bridgehead atoms. The van der Waals surface area contributed by atoms with E-state index in [1.807, 2.05) is 52.5 Å². The number of likely N-dealkylation sites (tertiary alicyclic amines) is 1. The Balaban J connectivity index is 1.50. The van der Waals surface area contributed by atoms with Gasteiger partial charge in [0.05, 0.1) is 12.4 Å². The lowest BCUT2D eigenvalue weighted by Gasteiger charge is -2.33. The topological polar surface area (TPSA) is 43.1 Å². The van der Waals surface area contributed by atoms with Crippen molar-refractivity contribution in [3.05, 3.63) is 54.2 Å². The van der Waals surface area contributed by atoms with Crippen LogP contribution >= 0.6 is 11.6 Å². The fraction of sp³-hybridized carbons (Fsp3) is 0.333. The number of carbonyl (C=O) groups excluding carboxylic acids is 1. The summed E-state index contributed by atoms with van der Waals surface area (Å²) in [5.74, 6) is 0.150. The number of amides is 1. The van der Waals surface area contributed by atoms with Gasteiger partial charge in [0.2, 0.25) is 5.91 Å². The predicted molar refractivity (Wildman–Crippen MR) is 94.0 cm³/mol. The van der Waals surface area contributed by atoms with Crippen LogP contribution in [0.25, 0.3) is 10.9 Å². The van der Waals surface area contributed by atoms with Gasteiger partial charge in [-0.15, -0.1) is 0 Å². The maximum Gasteiger partial charge on any atom is 0.242 e. The van der Waals surface area contributed by atoms with Gasteiger partial charge >= 0.3 is 0 Å². The van der Waals surface area contributed by atoms with E-state index in [4.69, 9.17) is 11.6 Å². The number of carbonyl (C=O) groups is 1. The van der Waals surface area contributed by atoms with Gasteiger partial charge in [0.1, 0.15) is 6.54 Å². The van der Waals surface area contributed by atoms with Crippen molar-refractivity contribution in [2.24, 2.45) is 0 Å². The third kappa shape index (κ3) is 2.91. The third-order valence-corrected chi connectivity index (χ3v) is 4.97. The van der Waals surface area contributed by atoms with Crippen LogP contribution in [0.4, 0.5) is 0 Å². The number of benzene rings is 1. The lowest BCUT2D eigenvalue weighted by atomic mass is 10.1. The molecule has 5 nitrogen and oxygen atoms in total. The van der Waals surface area contributed by atoms with Gasteiger partial charge in [-0.25, -0.2) is 4.98 Å². The Morgan fingerprint density at radius 2 is 2.21 bits per heavy atom. The molecule has 1 amide bonds. The molecule has 2 aromatic heterocycles. The number of halogens is 1. The van der Waals surface area contributed by atoms with E-state index in [2.05, 4.69) is 9.55 Å². The summed E-state index contributed by atoms with van der Waals surface area (Å²) in [5, 5.41) is 1.79. The third-order valence-electron chi connectivity index (χ3n) is 4.74. The highest BCUT2D eigenvalue weighted by atomic mass is 35.5. The first-order valence-electron chi connectivity index (χ1n) is 8.20. The summed E-state index contributed by atoms with van der Waals surface area (Å²) in [5.41, 5.74) is 0.999. The van der Waals surface area contributed by atoms with Crippen LogP contribution in [0.2, 0.25) is 5.02 Å². The van der Waals surface area contributed by atoms with Gasteiger partial charge in [-0.2, -0.15) is 0 Å². The number of piperidine rings is 1. The minimum Gasteiger partial charge on any atom is -0.339 e. The second-order valence-electron chi connectivity index (χ2n) is 6.29. The zero-order valence-corrected chi connectivity index (χ0v) is 14.1. The highest BCUT2D eigenvalue weighted by Crippen LogP contribution is 2.23. The summed E-state index contributed by atoms with van der Waals surface area (Å²) < 4.78 is 4.08. The molecule has 0 N–H and O–H groups in total. The standard InChI is InChI=1S/C18H19ClN4O/c19-15-4-3-14-5-8-21(17(14)10-15)12-18(24)22-7-1-2-16(11-22)23-9-6-20-13-23/h3-6,8-10,13,16H,1-2,7,11-12H2/t16-/m0/s1. The number of imidazole rings is 1. The second kappa shape index (κ2) is 6.32. The van der Waals surface area contributed by atoms with E-state index in [0.717, 1.165) is 36.8 Å².